The molecule has 1 aromatic carbocycles. The van der Waals surface area contributed by atoms with Crippen molar-refractivity contribution in [1.82, 2.24) is 9.78 Å². The van der Waals surface area contributed by atoms with Gasteiger partial charge in [-0.25, -0.2) is 9.07 Å². The summed E-state index contributed by atoms with van der Waals surface area (Å²) in [7, 11) is -3.99. The third-order valence-corrected chi connectivity index (χ3v) is 4.01. The van der Waals surface area contributed by atoms with E-state index in [-0.39, 0.29) is 10.7 Å². The number of aromatic nitrogens is 2. The van der Waals surface area contributed by atoms with Crippen LogP contribution < -0.4 is 4.18 Å². The molecule has 24 heavy (non-hydrogen) atoms. The lowest BCUT2D eigenvalue weighted by molar-refractivity contribution is -0.141. The normalized spacial score (nSPS) is 12.5. The summed E-state index contributed by atoms with van der Waals surface area (Å²) >= 11 is 11.3. The highest BCUT2D eigenvalue weighted by Gasteiger charge is 2.38. The van der Waals surface area contributed by atoms with Gasteiger partial charge in [0.15, 0.2) is 17.3 Å². The number of hydrogen-bond acceptors (Lipinski definition) is 4. The summed E-state index contributed by atoms with van der Waals surface area (Å²) in [5.74, 6) is -1.51. The molecule has 0 fully saturated rings. The second-order valence-electron chi connectivity index (χ2n) is 4.68. The fourth-order valence-electron chi connectivity index (χ4n) is 1.81. The first kappa shape index (κ1) is 18.8. The maximum atomic E-state index is 14.1. The SMILES string of the molecule is Cc1c(Cl)c(C(F)(F)F)nn1-c1cc(OS(C)(=O)=O)c(Cl)cc1F. The molecule has 0 aliphatic rings. The Morgan fingerprint density at radius 1 is 1.25 bits per heavy atom. The molecule has 0 radical (unpaired) electrons. The molecular formula is C12H8Cl2F4N2O3S. The summed E-state index contributed by atoms with van der Waals surface area (Å²) in [6, 6.07) is 1.51. The molecule has 1 heterocycles. The molecule has 0 N–H and O–H groups in total. The highest BCUT2D eigenvalue weighted by Crippen LogP contribution is 2.37. The summed E-state index contributed by atoms with van der Waals surface area (Å²) < 4.78 is 80.1. The third-order valence-electron chi connectivity index (χ3n) is 2.78. The topological polar surface area (TPSA) is 61.2 Å². The quantitative estimate of drug-likeness (QED) is 0.571. The minimum Gasteiger partial charge on any atom is -0.381 e. The average molecular weight is 407 g/mol. The van der Waals surface area contributed by atoms with Gasteiger partial charge in [-0.05, 0) is 13.0 Å². The van der Waals surface area contributed by atoms with Crippen molar-refractivity contribution >= 4 is 33.3 Å². The van der Waals surface area contributed by atoms with Gasteiger partial charge < -0.3 is 4.18 Å². The fourth-order valence-corrected chi connectivity index (χ4v) is 2.73. The van der Waals surface area contributed by atoms with Crippen LogP contribution >= 0.6 is 23.2 Å². The van der Waals surface area contributed by atoms with Gasteiger partial charge in [-0.15, -0.1) is 0 Å². The standard InChI is InChI=1S/C12H8Cl2F4N2O3S/c1-5-10(14)11(12(16,17)18)19-20(5)8-4-9(23-24(2,21)22)6(13)3-7(8)15/h3-4H,1-2H3. The van der Waals surface area contributed by atoms with Gasteiger partial charge >= 0.3 is 16.3 Å². The summed E-state index contributed by atoms with van der Waals surface area (Å²) in [5.41, 5.74) is -2.11. The van der Waals surface area contributed by atoms with Crippen LogP contribution in [0.1, 0.15) is 11.4 Å². The first-order valence-electron chi connectivity index (χ1n) is 6.02. The number of nitrogens with zero attached hydrogens (tertiary/aromatic N) is 2. The molecule has 0 saturated carbocycles. The van der Waals surface area contributed by atoms with Crippen LogP contribution in [0.3, 0.4) is 0 Å². The van der Waals surface area contributed by atoms with Crippen molar-refractivity contribution in [3.63, 3.8) is 0 Å². The lowest BCUT2D eigenvalue weighted by Gasteiger charge is -2.10. The van der Waals surface area contributed by atoms with Crippen LogP contribution in [0.25, 0.3) is 5.69 Å². The van der Waals surface area contributed by atoms with Gasteiger partial charge in [0.2, 0.25) is 0 Å². The van der Waals surface area contributed by atoms with Gasteiger partial charge in [0.1, 0.15) is 5.69 Å². The lowest BCUT2D eigenvalue weighted by Crippen LogP contribution is -2.10. The van der Waals surface area contributed by atoms with E-state index >= 15 is 0 Å². The number of halogens is 6. The second-order valence-corrected chi connectivity index (χ2v) is 7.04. The second kappa shape index (κ2) is 6.08. The van der Waals surface area contributed by atoms with Crippen LogP contribution in [-0.4, -0.2) is 24.5 Å². The molecule has 12 heteroatoms. The summed E-state index contributed by atoms with van der Waals surface area (Å²) in [6.45, 7) is 1.19. The Kier molecular flexibility index (Phi) is 4.77. The van der Waals surface area contributed by atoms with Crippen molar-refractivity contribution in [2.75, 3.05) is 6.26 Å². The highest BCUT2D eigenvalue weighted by atomic mass is 35.5. The summed E-state index contributed by atoms with van der Waals surface area (Å²) in [6.07, 6.45) is -4.12. The van der Waals surface area contributed by atoms with Crippen molar-refractivity contribution in [2.24, 2.45) is 0 Å². The highest BCUT2D eigenvalue weighted by molar-refractivity contribution is 7.86. The molecule has 0 spiro atoms. The van der Waals surface area contributed by atoms with Gasteiger partial charge in [-0.3, -0.25) is 0 Å². The first-order valence-corrected chi connectivity index (χ1v) is 8.59. The monoisotopic (exact) mass is 406 g/mol. The molecule has 132 valence electrons. The largest absolute Gasteiger partial charge is 0.436 e. The minimum absolute atomic E-state index is 0.199. The molecular weight excluding hydrogens is 399 g/mol. The number of rotatable bonds is 3. The number of benzene rings is 1. The van der Waals surface area contributed by atoms with E-state index in [1.165, 1.54) is 6.92 Å². The van der Waals surface area contributed by atoms with Crippen LogP contribution in [0.5, 0.6) is 5.75 Å². The van der Waals surface area contributed by atoms with Crippen molar-refractivity contribution in [3.8, 4) is 11.4 Å². The van der Waals surface area contributed by atoms with E-state index in [0.717, 1.165) is 12.3 Å². The van der Waals surface area contributed by atoms with E-state index < -0.39 is 44.3 Å². The Balaban J connectivity index is 2.68. The Hall–Kier alpha value is -1.52. The molecule has 0 aliphatic carbocycles. The Morgan fingerprint density at radius 2 is 1.83 bits per heavy atom. The third kappa shape index (κ3) is 3.76. The molecule has 0 amide bonds. The molecule has 0 atom stereocenters. The fraction of sp³-hybridized carbons (Fsp3) is 0.250. The van der Waals surface area contributed by atoms with Gasteiger partial charge in [0.25, 0.3) is 0 Å². The Bertz CT molecular complexity index is 910. The van der Waals surface area contributed by atoms with Gasteiger partial charge in [0, 0.05) is 6.07 Å². The van der Waals surface area contributed by atoms with Crippen LogP contribution in [0, 0.1) is 12.7 Å². The minimum atomic E-state index is -4.85. The van der Waals surface area contributed by atoms with E-state index in [9.17, 15) is 26.0 Å². The maximum absolute atomic E-state index is 14.1. The smallest absolute Gasteiger partial charge is 0.381 e. The zero-order chi connectivity index (χ0) is 18.4. The zero-order valence-corrected chi connectivity index (χ0v) is 14.3. The molecule has 0 unspecified atom stereocenters. The van der Waals surface area contributed by atoms with Crippen molar-refractivity contribution in [1.29, 1.82) is 0 Å². The van der Waals surface area contributed by atoms with Crippen molar-refractivity contribution < 1.29 is 30.2 Å². The molecule has 0 bridgehead atoms. The Labute approximate surface area is 143 Å². The van der Waals surface area contributed by atoms with Gasteiger partial charge in [0.05, 0.1) is 22.0 Å². The maximum Gasteiger partial charge on any atom is 0.436 e. The molecule has 2 aromatic rings. The van der Waals surface area contributed by atoms with Gasteiger partial charge in [-0.2, -0.15) is 26.7 Å². The van der Waals surface area contributed by atoms with E-state index in [2.05, 4.69) is 9.28 Å². The predicted octanol–water partition coefficient (Wildman–Crippen LogP) is 3.98. The molecule has 5 nitrogen and oxygen atoms in total. The molecule has 1 aromatic heterocycles. The summed E-state index contributed by atoms with van der Waals surface area (Å²) in [5, 5.41) is 2.16. The average Bonchev–Trinajstić information content (AvgIpc) is 2.68. The van der Waals surface area contributed by atoms with E-state index in [0.29, 0.717) is 10.7 Å². The predicted molar refractivity (Wildman–Crippen MR) is 78.8 cm³/mol. The lowest BCUT2D eigenvalue weighted by atomic mass is 10.2. The van der Waals surface area contributed by atoms with Crippen LogP contribution in [0.2, 0.25) is 10.0 Å². The van der Waals surface area contributed by atoms with Gasteiger partial charge in [-0.1, -0.05) is 23.2 Å². The van der Waals surface area contributed by atoms with Crippen molar-refractivity contribution in [3.05, 3.63) is 39.4 Å². The van der Waals surface area contributed by atoms with Crippen LogP contribution in [-0.2, 0) is 16.3 Å². The van der Waals surface area contributed by atoms with Crippen LogP contribution in [0.15, 0.2) is 12.1 Å². The van der Waals surface area contributed by atoms with E-state index in [1.807, 2.05) is 0 Å². The van der Waals surface area contributed by atoms with Crippen LogP contribution in [0.4, 0.5) is 17.6 Å². The molecule has 2 rings (SSSR count). The van der Waals surface area contributed by atoms with E-state index in [4.69, 9.17) is 23.2 Å². The molecule has 0 aliphatic heterocycles. The number of hydrogen-bond donors (Lipinski definition) is 0. The Morgan fingerprint density at radius 3 is 2.29 bits per heavy atom. The zero-order valence-electron chi connectivity index (χ0n) is 11.9. The molecule has 0 saturated heterocycles. The summed E-state index contributed by atoms with van der Waals surface area (Å²) in [4.78, 5) is 0. The van der Waals surface area contributed by atoms with E-state index in [1.54, 1.807) is 0 Å². The first-order chi connectivity index (χ1) is 10.8. The number of alkyl halides is 3. The van der Waals surface area contributed by atoms with Crippen molar-refractivity contribution in [2.45, 2.75) is 13.1 Å².